The van der Waals surface area contributed by atoms with Crippen molar-refractivity contribution in [1.29, 1.82) is 0 Å². The molecule has 6 heteroatoms. The molecule has 1 aromatic rings. The Hall–Kier alpha value is -2.21. The predicted molar refractivity (Wildman–Crippen MR) is 68.5 cm³/mol. The molecule has 2 bridgehead atoms. The number of hydrogen-bond acceptors (Lipinski definition) is 4. The van der Waals surface area contributed by atoms with E-state index in [0.29, 0.717) is 6.54 Å². The summed E-state index contributed by atoms with van der Waals surface area (Å²) in [6.45, 7) is 0.330. The van der Waals surface area contributed by atoms with Crippen LogP contribution in [0.15, 0.2) is 36.7 Å². The molecule has 1 saturated heterocycles. The van der Waals surface area contributed by atoms with Gasteiger partial charge in [-0.15, -0.1) is 0 Å². The molecule has 6 nitrogen and oxygen atoms in total. The van der Waals surface area contributed by atoms with E-state index in [2.05, 4.69) is 10.3 Å². The number of carboxylic acids is 1. The highest BCUT2D eigenvalue weighted by atomic mass is 16.5. The number of nitrogens with zero attached hydrogens (tertiary/aromatic N) is 1. The number of fused-ring (bicyclic) bond motifs is 2. The molecule has 0 aliphatic carbocycles. The Morgan fingerprint density at radius 1 is 1.30 bits per heavy atom. The number of carbonyl (C=O) groups excluding carboxylic acids is 1. The van der Waals surface area contributed by atoms with E-state index in [1.165, 1.54) is 0 Å². The van der Waals surface area contributed by atoms with Crippen molar-refractivity contribution in [3.05, 3.63) is 42.2 Å². The summed E-state index contributed by atoms with van der Waals surface area (Å²) in [6, 6.07) is 3.63. The average Bonchev–Trinajstić information content (AvgIpc) is 3.06. The summed E-state index contributed by atoms with van der Waals surface area (Å²) in [5.41, 5.74) is 0.868. The van der Waals surface area contributed by atoms with E-state index in [-0.39, 0.29) is 5.91 Å². The van der Waals surface area contributed by atoms with Gasteiger partial charge in [-0.05, 0) is 11.6 Å². The highest BCUT2D eigenvalue weighted by molar-refractivity contribution is 5.87. The fourth-order valence-electron chi connectivity index (χ4n) is 2.72. The Morgan fingerprint density at radius 3 is 2.70 bits per heavy atom. The molecule has 4 atom stereocenters. The van der Waals surface area contributed by atoms with Crippen LogP contribution < -0.4 is 5.32 Å². The lowest BCUT2D eigenvalue weighted by Crippen LogP contribution is -2.42. The van der Waals surface area contributed by atoms with Crippen LogP contribution >= 0.6 is 0 Å². The molecule has 3 rings (SSSR count). The first-order valence-corrected chi connectivity index (χ1v) is 6.40. The third kappa shape index (κ3) is 2.18. The molecule has 2 aliphatic heterocycles. The summed E-state index contributed by atoms with van der Waals surface area (Å²) in [5.74, 6) is -2.76. The van der Waals surface area contributed by atoms with Crippen LogP contribution in [0.25, 0.3) is 0 Å². The quantitative estimate of drug-likeness (QED) is 0.773. The second-order valence-corrected chi connectivity index (χ2v) is 4.92. The van der Waals surface area contributed by atoms with Crippen LogP contribution in [-0.4, -0.2) is 34.2 Å². The van der Waals surface area contributed by atoms with Gasteiger partial charge in [0, 0.05) is 18.9 Å². The Kier molecular flexibility index (Phi) is 3.23. The van der Waals surface area contributed by atoms with E-state index < -0.39 is 30.0 Å². The Bertz CT molecular complexity index is 558. The van der Waals surface area contributed by atoms with Crippen molar-refractivity contribution in [2.24, 2.45) is 11.8 Å². The van der Waals surface area contributed by atoms with Crippen LogP contribution in [0.4, 0.5) is 0 Å². The Labute approximate surface area is 115 Å². The number of carbonyl (C=O) groups is 2. The molecular weight excluding hydrogens is 260 g/mol. The van der Waals surface area contributed by atoms with Gasteiger partial charge in [0.15, 0.2) is 0 Å². The molecule has 0 aromatic carbocycles. The summed E-state index contributed by atoms with van der Waals surface area (Å²) in [7, 11) is 0. The van der Waals surface area contributed by atoms with Crippen LogP contribution in [0, 0.1) is 11.8 Å². The summed E-state index contributed by atoms with van der Waals surface area (Å²) in [4.78, 5) is 27.5. The molecule has 1 fully saturated rings. The van der Waals surface area contributed by atoms with Gasteiger partial charge in [0.1, 0.15) is 5.92 Å². The third-order valence-electron chi connectivity index (χ3n) is 3.68. The zero-order valence-corrected chi connectivity index (χ0v) is 10.6. The van der Waals surface area contributed by atoms with Crippen LogP contribution in [0.3, 0.4) is 0 Å². The summed E-state index contributed by atoms with van der Waals surface area (Å²) in [6.07, 6.45) is 5.86. The topological polar surface area (TPSA) is 88.5 Å². The third-order valence-corrected chi connectivity index (χ3v) is 3.68. The minimum atomic E-state index is -0.997. The maximum absolute atomic E-state index is 12.2. The number of hydrogen-bond donors (Lipinski definition) is 2. The monoisotopic (exact) mass is 274 g/mol. The van der Waals surface area contributed by atoms with Gasteiger partial charge in [-0.3, -0.25) is 14.6 Å². The van der Waals surface area contributed by atoms with Crippen molar-refractivity contribution in [3.8, 4) is 0 Å². The number of carboxylic acid groups (broad SMARTS) is 1. The zero-order valence-electron chi connectivity index (χ0n) is 10.6. The van der Waals surface area contributed by atoms with Crippen molar-refractivity contribution < 1.29 is 19.4 Å². The summed E-state index contributed by atoms with van der Waals surface area (Å²) in [5, 5.41) is 12.0. The fourth-order valence-corrected chi connectivity index (χ4v) is 2.72. The highest BCUT2D eigenvalue weighted by Crippen LogP contribution is 2.39. The van der Waals surface area contributed by atoms with E-state index in [0.717, 1.165) is 5.56 Å². The molecule has 20 heavy (non-hydrogen) atoms. The molecular formula is C14H14N2O4. The number of aliphatic carboxylic acids is 1. The maximum atomic E-state index is 12.2. The number of rotatable bonds is 4. The molecule has 0 saturated carbocycles. The minimum Gasteiger partial charge on any atom is -0.481 e. The summed E-state index contributed by atoms with van der Waals surface area (Å²) >= 11 is 0. The van der Waals surface area contributed by atoms with Crippen molar-refractivity contribution in [3.63, 3.8) is 0 Å². The van der Waals surface area contributed by atoms with Crippen LogP contribution in [0.2, 0.25) is 0 Å². The first-order chi connectivity index (χ1) is 9.66. The molecule has 2 N–H and O–H groups in total. The van der Waals surface area contributed by atoms with Crippen molar-refractivity contribution in [1.82, 2.24) is 10.3 Å². The second-order valence-electron chi connectivity index (χ2n) is 4.92. The molecule has 104 valence electrons. The fraction of sp³-hybridized carbons (Fsp3) is 0.357. The molecule has 1 aromatic heterocycles. The van der Waals surface area contributed by atoms with Crippen molar-refractivity contribution in [2.75, 3.05) is 0 Å². The van der Waals surface area contributed by atoms with Crippen molar-refractivity contribution in [2.45, 2.75) is 18.8 Å². The Balaban J connectivity index is 1.68. The van der Waals surface area contributed by atoms with Crippen LogP contribution in [0.1, 0.15) is 5.56 Å². The van der Waals surface area contributed by atoms with Gasteiger partial charge in [0.25, 0.3) is 0 Å². The van der Waals surface area contributed by atoms with E-state index in [9.17, 15) is 14.7 Å². The lowest BCUT2D eigenvalue weighted by molar-refractivity contribution is -0.146. The normalized spacial score (nSPS) is 30.4. The molecule has 1 amide bonds. The standard InChI is InChI=1S/C14H14N2O4/c17-13(16-7-8-2-1-5-15-6-8)11-9-3-4-10(20-9)12(11)14(18)19/h1-6,9-12H,7H2,(H,16,17)(H,18,19)/t9-,10-,11+,12-/m1/s1. The van der Waals surface area contributed by atoms with Gasteiger partial charge in [-0.25, -0.2) is 0 Å². The highest BCUT2D eigenvalue weighted by Gasteiger charge is 2.53. The van der Waals surface area contributed by atoms with E-state index in [4.69, 9.17) is 4.74 Å². The molecule has 0 unspecified atom stereocenters. The Morgan fingerprint density at radius 2 is 2.05 bits per heavy atom. The van der Waals surface area contributed by atoms with Gasteiger partial charge >= 0.3 is 5.97 Å². The molecule has 2 aliphatic rings. The lowest BCUT2D eigenvalue weighted by atomic mass is 9.82. The smallest absolute Gasteiger partial charge is 0.310 e. The van der Waals surface area contributed by atoms with E-state index in [1.54, 1.807) is 30.6 Å². The number of amides is 1. The zero-order chi connectivity index (χ0) is 14.1. The number of aromatic nitrogens is 1. The molecule has 0 spiro atoms. The van der Waals surface area contributed by atoms with Crippen molar-refractivity contribution >= 4 is 11.9 Å². The van der Waals surface area contributed by atoms with Crippen LogP contribution in [-0.2, 0) is 20.9 Å². The largest absolute Gasteiger partial charge is 0.481 e. The maximum Gasteiger partial charge on any atom is 0.310 e. The summed E-state index contributed by atoms with van der Waals surface area (Å²) < 4.78 is 5.47. The SMILES string of the molecule is O=C(NCc1cccnc1)[C@@H]1[C@H](C(=O)O)[C@H]2C=C[C@H]1O2. The number of ether oxygens (including phenoxy) is 1. The lowest BCUT2D eigenvalue weighted by Gasteiger charge is -2.20. The molecule has 3 heterocycles. The van der Waals surface area contributed by atoms with Gasteiger partial charge < -0.3 is 15.2 Å². The average molecular weight is 274 g/mol. The number of pyridine rings is 1. The van der Waals surface area contributed by atoms with E-state index >= 15 is 0 Å². The first kappa shape index (κ1) is 12.8. The van der Waals surface area contributed by atoms with Gasteiger partial charge in [0.2, 0.25) is 5.91 Å². The van der Waals surface area contributed by atoms with Gasteiger partial charge in [-0.1, -0.05) is 18.2 Å². The van der Waals surface area contributed by atoms with Gasteiger partial charge in [-0.2, -0.15) is 0 Å². The van der Waals surface area contributed by atoms with Gasteiger partial charge in [0.05, 0.1) is 18.1 Å². The first-order valence-electron chi connectivity index (χ1n) is 6.40. The second kappa shape index (κ2) is 5.05. The number of nitrogens with one attached hydrogen (secondary N) is 1. The van der Waals surface area contributed by atoms with E-state index in [1.807, 2.05) is 6.07 Å². The minimum absolute atomic E-state index is 0.293. The van der Waals surface area contributed by atoms with Crippen LogP contribution in [0.5, 0.6) is 0 Å². The predicted octanol–water partition coefficient (Wildman–Crippen LogP) is 0.352. The molecule has 0 radical (unpaired) electrons.